The number of rotatable bonds is 12. The zero-order chi connectivity index (χ0) is 31.2. The molecule has 0 saturated carbocycles. The number of benzene rings is 2. The van der Waals surface area contributed by atoms with Gasteiger partial charge < -0.3 is 25.2 Å². The highest BCUT2D eigenvalue weighted by atomic mass is 32.1. The van der Waals surface area contributed by atoms with Crippen LogP contribution in [0.1, 0.15) is 18.0 Å². The largest absolute Gasteiger partial charge is 0.494 e. The normalized spacial score (nSPS) is 14.5. The van der Waals surface area contributed by atoms with E-state index in [1.54, 1.807) is 47.8 Å². The molecule has 230 valence electrons. The molecule has 0 aliphatic carbocycles. The summed E-state index contributed by atoms with van der Waals surface area (Å²) in [4.78, 5) is 32.3. The third-order valence-electron chi connectivity index (χ3n) is 7.21. The molecule has 1 unspecified atom stereocenters. The van der Waals surface area contributed by atoms with Crippen molar-refractivity contribution in [2.45, 2.75) is 12.5 Å². The van der Waals surface area contributed by atoms with Gasteiger partial charge in [-0.05, 0) is 67.0 Å². The predicted octanol–water partition coefficient (Wildman–Crippen LogP) is 6.10. The molecule has 2 aromatic carbocycles. The van der Waals surface area contributed by atoms with Crippen LogP contribution in [-0.2, 0) is 9.63 Å². The number of hydrogen-bond acceptors (Lipinski definition) is 10. The van der Waals surface area contributed by atoms with Crippen molar-refractivity contribution >= 4 is 45.9 Å². The van der Waals surface area contributed by atoms with Gasteiger partial charge in [-0.25, -0.2) is 19.4 Å². The van der Waals surface area contributed by atoms with E-state index >= 15 is 0 Å². The van der Waals surface area contributed by atoms with E-state index in [9.17, 15) is 9.18 Å². The fourth-order valence-electron chi connectivity index (χ4n) is 4.97. The van der Waals surface area contributed by atoms with E-state index in [1.807, 2.05) is 50.8 Å². The van der Waals surface area contributed by atoms with Crippen molar-refractivity contribution in [3.05, 3.63) is 84.3 Å². The average molecular weight is 618 g/mol. The Morgan fingerprint density at radius 1 is 1.18 bits per heavy atom. The van der Waals surface area contributed by atoms with Crippen LogP contribution in [0, 0.1) is 5.82 Å². The van der Waals surface area contributed by atoms with Gasteiger partial charge in [-0.3, -0.25) is 9.63 Å². The van der Waals surface area contributed by atoms with Gasteiger partial charge in [-0.2, -0.15) is 0 Å². The maximum absolute atomic E-state index is 14.7. The Bertz CT molecular complexity index is 1620. The maximum Gasteiger partial charge on any atom is 0.247 e. The summed E-state index contributed by atoms with van der Waals surface area (Å²) in [6, 6.07) is 14.2. The van der Waals surface area contributed by atoms with E-state index in [-0.39, 0.29) is 17.8 Å². The molecule has 0 radical (unpaired) electrons. The van der Waals surface area contributed by atoms with Gasteiger partial charge in [0.25, 0.3) is 0 Å². The Kier molecular flexibility index (Phi) is 9.73. The van der Waals surface area contributed by atoms with Gasteiger partial charge in [-0.15, -0.1) is 11.3 Å². The molecule has 1 fully saturated rings. The van der Waals surface area contributed by atoms with Gasteiger partial charge >= 0.3 is 0 Å². The molecule has 1 aliphatic rings. The standard InChI is InChI=1S/C32H36FN7O3S/c1-6-32(41)37-24-17-25(28(42-5)18-27(24)39(4)11-10-38(2)3)36-30-19-31(35-20-34-30)40-26(9-12-43-40)21-14-22(16-23(33)15-21)29-8-7-13-44-29/h6-8,13-20,26H,1,9-12H2,2-5H3,(H,37,41)(H,34,35,36). The second kappa shape index (κ2) is 13.8. The van der Waals surface area contributed by atoms with Crippen LogP contribution in [0.2, 0.25) is 0 Å². The number of likely N-dealkylation sites (N-methyl/N-ethyl adjacent to an activating group) is 2. The van der Waals surface area contributed by atoms with Crippen molar-refractivity contribution in [2.75, 3.05) is 68.5 Å². The molecule has 4 aromatic rings. The summed E-state index contributed by atoms with van der Waals surface area (Å²) < 4.78 is 20.5. The number of carbonyl (C=O) groups excluding carboxylic acids is 1. The zero-order valence-electron chi connectivity index (χ0n) is 25.2. The summed E-state index contributed by atoms with van der Waals surface area (Å²) in [5.41, 5.74) is 3.60. The van der Waals surface area contributed by atoms with Crippen LogP contribution in [0.4, 0.5) is 33.1 Å². The highest BCUT2D eigenvalue weighted by molar-refractivity contribution is 7.13. The maximum atomic E-state index is 14.7. The Hall–Kier alpha value is -4.52. The summed E-state index contributed by atoms with van der Waals surface area (Å²) >= 11 is 1.57. The Labute approximate surface area is 260 Å². The average Bonchev–Trinajstić information content (AvgIpc) is 3.73. The number of halogens is 1. The first-order valence-electron chi connectivity index (χ1n) is 14.1. The van der Waals surface area contributed by atoms with E-state index in [2.05, 4.69) is 37.0 Å². The second-order valence-corrected chi connectivity index (χ2v) is 11.5. The quantitative estimate of drug-likeness (QED) is 0.183. The Morgan fingerprint density at radius 2 is 2.02 bits per heavy atom. The van der Waals surface area contributed by atoms with Crippen LogP contribution < -0.4 is 25.3 Å². The molecule has 1 amide bonds. The lowest BCUT2D eigenvalue weighted by Gasteiger charge is -2.26. The van der Waals surface area contributed by atoms with Crippen molar-refractivity contribution < 1.29 is 18.8 Å². The molecular weight excluding hydrogens is 581 g/mol. The minimum Gasteiger partial charge on any atom is -0.494 e. The Balaban J connectivity index is 1.43. The molecule has 10 nitrogen and oxygen atoms in total. The first-order chi connectivity index (χ1) is 21.2. The van der Waals surface area contributed by atoms with E-state index < -0.39 is 0 Å². The van der Waals surface area contributed by atoms with E-state index in [4.69, 9.17) is 9.57 Å². The number of hydroxylamine groups is 1. The number of carbonyl (C=O) groups is 1. The lowest BCUT2D eigenvalue weighted by Crippen LogP contribution is -2.29. The number of thiophene rings is 1. The summed E-state index contributed by atoms with van der Waals surface area (Å²) in [5.74, 6) is 0.932. The van der Waals surface area contributed by atoms with Crippen LogP contribution in [0.5, 0.6) is 5.75 Å². The number of hydrogen-bond donors (Lipinski definition) is 2. The van der Waals surface area contributed by atoms with Crippen LogP contribution in [0.25, 0.3) is 10.4 Å². The molecule has 3 heterocycles. The molecular formula is C32H36FN7O3S. The molecule has 0 spiro atoms. The molecule has 12 heteroatoms. The van der Waals surface area contributed by atoms with Gasteiger partial charge in [0, 0.05) is 43.6 Å². The van der Waals surface area contributed by atoms with Gasteiger partial charge in [0.05, 0.1) is 36.8 Å². The molecule has 1 atom stereocenters. The number of amides is 1. The van der Waals surface area contributed by atoms with Crippen molar-refractivity contribution in [1.29, 1.82) is 0 Å². The third-order valence-corrected chi connectivity index (χ3v) is 8.13. The van der Waals surface area contributed by atoms with Crippen molar-refractivity contribution in [3.63, 3.8) is 0 Å². The van der Waals surface area contributed by atoms with Crippen LogP contribution in [0.15, 0.2) is 72.9 Å². The van der Waals surface area contributed by atoms with Crippen molar-refractivity contribution in [3.8, 4) is 16.2 Å². The van der Waals surface area contributed by atoms with Gasteiger partial charge in [0.15, 0.2) is 5.82 Å². The molecule has 2 N–H and O–H groups in total. The first kappa shape index (κ1) is 30.9. The number of nitrogens with zero attached hydrogens (tertiary/aromatic N) is 5. The molecule has 0 bridgehead atoms. The predicted molar refractivity (Wildman–Crippen MR) is 174 cm³/mol. The lowest BCUT2D eigenvalue weighted by atomic mass is 10.0. The van der Waals surface area contributed by atoms with Gasteiger partial charge in [0.2, 0.25) is 5.91 Å². The van der Waals surface area contributed by atoms with E-state index in [0.717, 1.165) is 34.8 Å². The van der Waals surface area contributed by atoms with Crippen LogP contribution >= 0.6 is 11.3 Å². The third kappa shape index (κ3) is 7.16. The second-order valence-electron chi connectivity index (χ2n) is 10.6. The first-order valence-corrected chi connectivity index (χ1v) is 15.0. The minimum atomic E-state index is -0.329. The minimum absolute atomic E-state index is 0.237. The summed E-state index contributed by atoms with van der Waals surface area (Å²) in [6.07, 6.45) is 3.34. The fourth-order valence-corrected chi connectivity index (χ4v) is 5.68. The van der Waals surface area contributed by atoms with Crippen LogP contribution in [0.3, 0.4) is 0 Å². The molecule has 44 heavy (non-hydrogen) atoms. The number of ether oxygens (including phenoxy) is 1. The van der Waals surface area contributed by atoms with Gasteiger partial charge in [0.1, 0.15) is 23.7 Å². The number of anilines is 5. The Morgan fingerprint density at radius 3 is 2.75 bits per heavy atom. The zero-order valence-corrected chi connectivity index (χ0v) is 26.0. The molecule has 2 aromatic heterocycles. The summed E-state index contributed by atoms with van der Waals surface area (Å²) in [5, 5.41) is 9.89. The lowest BCUT2D eigenvalue weighted by molar-refractivity contribution is -0.111. The fraction of sp³-hybridized carbons (Fsp3) is 0.281. The molecule has 5 rings (SSSR count). The number of aromatic nitrogens is 2. The summed E-state index contributed by atoms with van der Waals surface area (Å²) in [6.45, 7) is 5.60. The number of methoxy groups -OCH3 is 1. The summed E-state index contributed by atoms with van der Waals surface area (Å²) in [7, 11) is 7.56. The SMILES string of the molecule is C=CC(=O)Nc1cc(Nc2cc(N3OCCC3c3cc(F)cc(-c4cccs4)c3)ncn2)c(OC)cc1N(C)CCN(C)C. The topological polar surface area (TPSA) is 95.1 Å². The number of nitrogens with one attached hydrogen (secondary N) is 2. The highest BCUT2D eigenvalue weighted by Gasteiger charge is 2.30. The molecule has 1 saturated heterocycles. The highest BCUT2D eigenvalue weighted by Crippen LogP contribution is 2.40. The van der Waals surface area contributed by atoms with Crippen molar-refractivity contribution in [2.24, 2.45) is 0 Å². The van der Waals surface area contributed by atoms with Crippen LogP contribution in [-0.4, -0.2) is 68.7 Å². The van der Waals surface area contributed by atoms with E-state index in [0.29, 0.717) is 41.8 Å². The molecule has 1 aliphatic heterocycles. The smallest absolute Gasteiger partial charge is 0.247 e. The van der Waals surface area contributed by atoms with Crippen molar-refractivity contribution in [1.82, 2.24) is 14.9 Å². The monoisotopic (exact) mass is 617 g/mol. The van der Waals surface area contributed by atoms with E-state index in [1.165, 1.54) is 12.4 Å². The van der Waals surface area contributed by atoms with Gasteiger partial charge in [-0.1, -0.05) is 12.6 Å².